The molecule has 4 aliphatic rings. The van der Waals surface area contributed by atoms with E-state index < -0.39 is 34.6 Å². The van der Waals surface area contributed by atoms with Crippen LogP contribution in [0.25, 0.3) is 0 Å². The van der Waals surface area contributed by atoms with Crippen LogP contribution < -0.4 is 0 Å². The summed E-state index contributed by atoms with van der Waals surface area (Å²) in [4.78, 5) is 0. The van der Waals surface area contributed by atoms with Gasteiger partial charge in [-0.15, -0.1) is 0 Å². The van der Waals surface area contributed by atoms with E-state index in [2.05, 4.69) is 53.5 Å². The fourth-order valence-electron chi connectivity index (χ4n) is 4.19. The molecule has 0 spiro atoms. The van der Waals surface area contributed by atoms with E-state index in [1.54, 1.807) is 7.11 Å². The van der Waals surface area contributed by atoms with Gasteiger partial charge in [0.05, 0.1) is 13.2 Å². The molecule has 4 rings (SSSR count). The molecular weight excluding hydrogens is 484 g/mol. The highest BCUT2D eigenvalue weighted by molar-refractivity contribution is 6.76. The molecule has 0 N–H and O–H groups in total. The second kappa shape index (κ2) is 10.8. The summed E-state index contributed by atoms with van der Waals surface area (Å²) in [6.45, 7) is 22.1. The molecule has 9 nitrogen and oxygen atoms in total. The molecule has 0 aromatic heterocycles. The Hall–Kier alpha value is -0.376. The van der Waals surface area contributed by atoms with Gasteiger partial charge in [-0.2, -0.15) is 5.10 Å². The van der Waals surface area contributed by atoms with Gasteiger partial charge in [-0.25, -0.2) is 0 Å². The van der Waals surface area contributed by atoms with Crippen molar-refractivity contribution >= 4 is 22.1 Å². The SMILES string of the molecule is COCCN(C)/N=C1/[C@@H]2OC3(C)OC(C2O[Si](C)(C)C(C)(C)C)[C@H](OCOCC[Si](C)(C)C)[C@H]1O3. The zero-order valence-corrected chi connectivity index (χ0v) is 25.7. The number of hydrogen-bond donors (Lipinski definition) is 0. The second-order valence-electron chi connectivity index (χ2n) is 12.7. The van der Waals surface area contributed by atoms with E-state index in [1.807, 2.05) is 19.0 Å². The number of hydrazone groups is 1. The van der Waals surface area contributed by atoms with Crippen LogP contribution in [0.1, 0.15) is 27.7 Å². The lowest BCUT2D eigenvalue weighted by molar-refractivity contribution is -0.491. The van der Waals surface area contributed by atoms with Crippen molar-refractivity contribution in [2.45, 2.75) is 108 Å². The summed E-state index contributed by atoms with van der Waals surface area (Å²) in [5.74, 6) is -1.14. The van der Waals surface area contributed by atoms with E-state index in [0.29, 0.717) is 19.8 Å². The molecule has 1 aliphatic carbocycles. The molecule has 35 heavy (non-hydrogen) atoms. The standard InChI is InChI=1S/C24H48N2O7Si2/c1-23(2,3)35(10,11)33-22-19-17(25-26(5)12-13-27-6)18-20(21(22)32-24(4,30-18)31-19)29-16-28-14-15-34(7,8)9/h18-22H,12-16H2,1-11H3/b25-17+/t18-,19-,20+,21?,22?,24?/m0/s1. The number of rotatable bonds is 12. The van der Waals surface area contributed by atoms with Crippen molar-refractivity contribution in [2.75, 3.05) is 40.7 Å². The first-order valence-corrected chi connectivity index (χ1v) is 19.4. The van der Waals surface area contributed by atoms with Crippen LogP contribution in [-0.4, -0.2) is 104 Å². The van der Waals surface area contributed by atoms with Gasteiger partial charge in [0.2, 0.25) is 0 Å². The number of ether oxygens (including phenoxy) is 6. The monoisotopic (exact) mass is 532 g/mol. The van der Waals surface area contributed by atoms with Crippen molar-refractivity contribution in [3.05, 3.63) is 0 Å². The number of nitrogens with zero attached hydrogens (tertiary/aromatic N) is 2. The maximum Gasteiger partial charge on any atom is 0.281 e. The minimum absolute atomic E-state index is 0.0327. The van der Waals surface area contributed by atoms with E-state index in [4.69, 9.17) is 37.9 Å². The van der Waals surface area contributed by atoms with Crippen molar-refractivity contribution < 1.29 is 32.8 Å². The summed E-state index contributed by atoms with van der Waals surface area (Å²) in [6, 6.07) is 1.09. The molecule has 11 heteroatoms. The largest absolute Gasteiger partial charge is 0.408 e. The Bertz CT molecular complexity index is 755. The Morgan fingerprint density at radius 2 is 1.63 bits per heavy atom. The van der Waals surface area contributed by atoms with Crippen LogP contribution in [0.5, 0.6) is 0 Å². The molecule has 4 bridgehead atoms. The normalized spacial score (nSPS) is 34.1. The molecule has 6 atom stereocenters. The van der Waals surface area contributed by atoms with Gasteiger partial charge < -0.3 is 32.8 Å². The van der Waals surface area contributed by atoms with Crippen LogP contribution in [0.4, 0.5) is 0 Å². The third kappa shape index (κ3) is 6.94. The zero-order chi connectivity index (χ0) is 26.2. The minimum atomic E-state index is -2.15. The Balaban J connectivity index is 1.85. The summed E-state index contributed by atoms with van der Waals surface area (Å²) in [7, 11) is 0.287. The molecule has 0 radical (unpaired) electrons. The smallest absolute Gasteiger partial charge is 0.281 e. The lowest BCUT2D eigenvalue weighted by Gasteiger charge is -2.61. The van der Waals surface area contributed by atoms with Crippen LogP contribution in [0.15, 0.2) is 5.10 Å². The minimum Gasteiger partial charge on any atom is -0.408 e. The lowest BCUT2D eigenvalue weighted by Crippen LogP contribution is -2.78. The Labute approximate surface area is 213 Å². The van der Waals surface area contributed by atoms with Crippen LogP contribution in [0, 0.1) is 0 Å². The molecule has 4 fully saturated rings. The molecule has 3 heterocycles. The molecular formula is C24H48N2O7Si2. The lowest BCUT2D eigenvalue weighted by atomic mass is 9.82. The maximum atomic E-state index is 6.91. The molecule has 3 saturated heterocycles. The maximum absolute atomic E-state index is 6.91. The van der Waals surface area contributed by atoms with E-state index >= 15 is 0 Å². The molecule has 3 unspecified atom stereocenters. The number of likely N-dealkylation sites (N-methyl/N-ethyl adjacent to an activating group) is 1. The molecule has 0 amide bonds. The van der Waals surface area contributed by atoms with Gasteiger partial charge in [-0.3, -0.25) is 5.01 Å². The fourth-order valence-corrected chi connectivity index (χ4v) is 6.24. The van der Waals surface area contributed by atoms with E-state index in [0.717, 1.165) is 11.8 Å². The van der Waals surface area contributed by atoms with Crippen molar-refractivity contribution in [3.63, 3.8) is 0 Å². The van der Waals surface area contributed by atoms with Crippen LogP contribution in [-0.2, 0) is 32.8 Å². The first kappa shape index (κ1) is 29.2. The second-order valence-corrected chi connectivity index (χ2v) is 23.1. The quantitative estimate of drug-likeness (QED) is 0.162. The van der Waals surface area contributed by atoms with E-state index in [1.165, 1.54) is 0 Å². The van der Waals surface area contributed by atoms with Crippen molar-refractivity contribution in [2.24, 2.45) is 5.10 Å². The summed E-state index contributed by atoms with van der Waals surface area (Å²) < 4.78 is 43.2. The Morgan fingerprint density at radius 1 is 1.00 bits per heavy atom. The first-order chi connectivity index (χ1) is 16.1. The fraction of sp³-hybridized carbons (Fsp3) is 0.958. The highest BCUT2D eigenvalue weighted by Crippen LogP contribution is 2.48. The molecule has 1 saturated carbocycles. The van der Waals surface area contributed by atoms with Crippen LogP contribution >= 0.6 is 0 Å². The predicted molar refractivity (Wildman–Crippen MR) is 141 cm³/mol. The first-order valence-electron chi connectivity index (χ1n) is 12.8. The van der Waals surface area contributed by atoms with Crippen molar-refractivity contribution in [1.29, 1.82) is 0 Å². The highest BCUT2D eigenvalue weighted by atomic mass is 28.4. The third-order valence-corrected chi connectivity index (χ3v) is 13.5. The molecule has 0 aromatic rings. The van der Waals surface area contributed by atoms with E-state index in [-0.39, 0.29) is 30.1 Å². The van der Waals surface area contributed by atoms with Gasteiger partial charge in [-0.1, -0.05) is 40.4 Å². The average molecular weight is 533 g/mol. The summed E-state index contributed by atoms with van der Waals surface area (Å²) in [5, 5.41) is 6.79. The van der Waals surface area contributed by atoms with Crippen LogP contribution in [0.3, 0.4) is 0 Å². The van der Waals surface area contributed by atoms with Gasteiger partial charge in [0, 0.05) is 35.8 Å². The Morgan fingerprint density at radius 3 is 2.20 bits per heavy atom. The molecule has 3 aliphatic heterocycles. The average Bonchev–Trinajstić information content (AvgIpc) is 2.70. The third-order valence-electron chi connectivity index (χ3n) is 7.34. The zero-order valence-electron chi connectivity index (χ0n) is 23.7. The highest BCUT2D eigenvalue weighted by Gasteiger charge is 2.67. The van der Waals surface area contributed by atoms with Gasteiger partial charge in [-0.05, 0) is 24.2 Å². The number of hydrogen-bond acceptors (Lipinski definition) is 9. The van der Waals surface area contributed by atoms with Gasteiger partial charge >= 0.3 is 0 Å². The summed E-state index contributed by atoms with van der Waals surface area (Å²) in [5.41, 5.74) is 0.774. The van der Waals surface area contributed by atoms with Crippen LogP contribution in [0.2, 0.25) is 43.8 Å². The summed E-state index contributed by atoms with van der Waals surface area (Å²) >= 11 is 0. The number of methoxy groups -OCH3 is 1. The van der Waals surface area contributed by atoms with Crippen molar-refractivity contribution in [1.82, 2.24) is 5.01 Å². The van der Waals surface area contributed by atoms with Gasteiger partial charge in [0.25, 0.3) is 5.97 Å². The molecule has 204 valence electrons. The topological polar surface area (TPSA) is 80.2 Å². The van der Waals surface area contributed by atoms with Gasteiger partial charge in [0.1, 0.15) is 43.0 Å². The molecule has 0 aromatic carbocycles. The Kier molecular flexibility index (Phi) is 8.99. The summed E-state index contributed by atoms with van der Waals surface area (Å²) in [6.07, 6.45) is -1.85. The van der Waals surface area contributed by atoms with E-state index in [9.17, 15) is 0 Å². The predicted octanol–water partition coefficient (Wildman–Crippen LogP) is 3.88. The van der Waals surface area contributed by atoms with Gasteiger partial charge in [0.15, 0.2) is 8.32 Å². The van der Waals surface area contributed by atoms with Crippen molar-refractivity contribution in [3.8, 4) is 0 Å².